The molecule has 2 fully saturated rings. The smallest absolute Gasteiger partial charge is 0.217 e. The second kappa shape index (κ2) is 6.34. The van der Waals surface area contributed by atoms with Crippen LogP contribution in [-0.2, 0) is 14.8 Å². The molecule has 2 atom stereocenters. The molecule has 2 saturated heterocycles. The summed E-state index contributed by atoms with van der Waals surface area (Å²) in [7, 11) is -3.30. The van der Waals surface area contributed by atoms with Crippen molar-refractivity contribution < 1.29 is 17.6 Å². The Labute approximate surface area is 132 Å². The molecule has 0 amide bonds. The van der Waals surface area contributed by atoms with Gasteiger partial charge in [0.15, 0.2) is 0 Å². The molecule has 0 bridgehead atoms. The van der Waals surface area contributed by atoms with Crippen molar-refractivity contribution in [3.05, 3.63) is 23.7 Å². The molecule has 0 spiro atoms. The molecule has 22 heavy (non-hydrogen) atoms. The Hall–Kier alpha value is -0.850. The van der Waals surface area contributed by atoms with Crippen molar-refractivity contribution in [2.24, 2.45) is 5.92 Å². The van der Waals surface area contributed by atoms with E-state index in [-0.39, 0.29) is 11.3 Å². The molecule has 1 aromatic rings. The van der Waals surface area contributed by atoms with Crippen LogP contribution in [-0.4, -0.2) is 37.7 Å². The largest absolute Gasteiger partial charge is 0.465 e. The lowest BCUT2D eigenvalue weighted by Crippen LogP contribution is -2.46. The van der Waals surface area contributed by atoms with E-state index in [0.29, 0.717) is 38.5 Å². The Kier molecular flexibility index (Phi) is 4.61. The quantitative estimate of drug-likeness (QED) is 0.856. The van der Waals surface area contributed by atoms with Gasteiger partial charge in [-0.3, -0.25) is 0 Å². The predicted molar refractivity (Wildman–Crippen MR) is 84.1 cm³/mol. The maximum absolute atomic E-state index is 13.1. The zero-order valence-electron chi connectivity index (χ0n) is 13.3. The molecule has 3 heterocycles. The Balaban J connectivity index is 1.88. The summed E-state index contributed by atoms with van der Waals surface area (Å²) in [4.78, 5) is 0. The van der Waals surface area contributed by atoms with E-state index in [0.717, 1.165) is 24.4 Å². The van der Waals surface area contributed by atoms with Gasteiger partial charge in [-0.25, -0.2) is 8.42 Å². The van der Waals surface area contributed by atoms with Crippen LogP contribution in [0.15, 0.2) is 16.5 Å². The lowest BCUT2D eigenvalue weighted by molar-refractivity contribution is 0.0952. The number of hydrogen-bond donors (Lipinski definition) is 0. The summed E-state index contributed by atoms with van der Waals surface area (Å²) in [5.41, 5.74) is 0. The van der Waals surface area contributed by atoms with E-state index in [9.17, 15) is 8.42 Å². The van der Waals surface area contributed by atoms with Crippen molar-refractivity contribution >= 4 is 10.0 Å². The lowest BCUT2D eigenvalue weighted by atomic mass is 9.93. The normalized spacial score (nSPS) is 28.8. The summed E-state index contributed by atoms with van der Waals surface area (Å²) < 4.78 is 38.9. The summed E-state index contributed by atoms with van der Waals surface area (Å²) in [6.45, 7) is 5.75. The first-order chi connectivity index (χ1) is 10.5. The van der Waals surface area contributed by atoms with Crippen molar-refractivity contribution in [3.63, 3.8) is 0 Å². The highest BCUT2D eigenvalue weighted by Gasteiger charge is 2.41. The van der Waals surface area contributed by atoms with Crippen LogP contribution in [0.2, 0.25) is 0 Å². The van der Waals surface area contributed by atoms with Gasteiger partial charge in [-0.15, -0.1) is 0 Å². The number of piperidine rings is 1. The maximum atomic E-state index is 13.1. The van der Waals surface area contributed by atoms with Crippen molar-refractivity contribution in [3.8, 4) is 0 Å². The Morgan fingerprint density at radius 3 is 2.55 bits per heavy atom. The van der Waals surface area contributed by atoms with Gasteiger partial charge in [-0.05, 0) is 50.7 Å². The van der Waals surface area contributed by atoms with Crippen LogP contribution in [0.1, 0.15) is 50.2 Å². The summed E-state index contributed by atoms with van der Waals surface area (Å²) >= 11 is 0. The van der Waals surface area contributed by atoms with Crippen LogP contribution in [0.5, 0.6) is 0 Å². The van der Waals surface area contributed by atoms with Gasteiger partial charge in [0.2, 0.25) is 10.0 Å². The molecular weight excluding hydrogens is 302 g/mol. The molecule has 3 rings (SSSR count). The van der Waals surface area contributed by atoms with Crippen molar-refractivity contribution in [2.75, 3.05) is 19.8 Å². The van der Waals surface area contributed by atoms with Crippen LogP contribution in [0, 0.1) is 12.8 Å². The zero-order valence-corrected chi connectivity index (χ0v) is 14.1. The third-order valence-corrected chi connectivity index (χ3v) is 7.23. The molecule has 124 valence electrons. The van der Waals surface area contributed by atoms with Gasteiger partial charge >= 0.3 is 0 Å². The molecule has 5 nitrogen and oxygen atoms in total. The molecule has 1 aromatic heterocycles. The monoisotopic (exact) mass is 327 g/mol. The van der Waals surface area contributed by atoms with Gasteiger partial charge in [0.25, 0.3) is 0 Å². The van der Waals surface area contributed by atoms with Gasteiger partial charge in [0, 0.05) is 19.8 Å². The van der Waals surface area contributed by atoms with Crippen LogP contribution < -0.4 is 0 Å². The second-order valence-electron chi connectivity index (χ2n) is 6.56. The molecule has 0 radical (unpaired) electrons. The zero-order chi connectivity index (χ0) is 15.7. The summed E-state index contributed by atoms with van der Waals surface area (Å²) in [6, 6.07) is 3.67. The van der Waals surface area contributed by atoms with E-state index in [1.807, 2.05) is 19.1 Å². The molecule has 6 heteroatoms. The fraction of sp³-hybridized carbons (Fsp3) is 0.750. The van der Waals surface area contributed by atoms with E-state index in [1.54, 1.807) is 4.31 Å². The van der Waals surface area contributed by atoms with Crippen LogP contribution in [0.3, 0.4) is 0 Å². The molecular formula is C16H25NO4S. The minimum absolute atomic E-state index is 0.162. The standard InChI is InChI=1S/C16H25NO4S/c1-12-5-8-17(15(11-12)16-4-3-13(2)21-16)22(18,19)14-6-9-20-10-7-14/h3-4,12,14-15H,5-11H2,1-2H3/t12-,15-/m1/s1. The number of sulfonamides is 1. The van der Waals surface area contributed by atoms with Gasteiger partial charge < -0.3 is 9.15 Å². The summed E-state index contributed by atoms with van der Waals surface area (Å²) in [5.74, 6) is 2.12. The first kappa shape index (κ1) is 16.0. The van der Waals surface area contributed by atoms with Crippen LogP contribution in [0.25, 0.3) is 0 Å². The average Bonchev–Trinajstić information content (AvgIpc) is 2.94. The fourth-order valence-corrected chi connectivity index (χ4v) is 5.56. The Morgan fingerprint density at radius 1 is 1.18 bits per heavy atom. The molecule has 0 aromatic carbocycles. The SMILES string of the molecule is Cc1ccc([C@H]2C[C@H](C)CCN2S(=O)(=O)C2CCOCC2)o1. The fourth-order valence-electron chi connectivity index (χ4n) is 3.48. The number of ether oxygens (including phenoxy) is 1. The van der Waals surface area contributed by atoms with E-state index >= 15 is 0 Å². The van der Waals surface area contributed by atoms with E-state index < -0.39 is 10.0 Å². The van der Waals surface area contributed by atoms with Gasteiger partial charge in [0.05, 0.1) is 11.3 Å². The molecule has 0 unspecified atom stereocenters. The topological polar surface area (TPSA) is 59.8 Å². The minimum atomic E-state index is -3.30. The summed E-state index contributed by atoms with van der Waals surface area (Å²) in [6.07, 6.45) is 2.94. The number of furan rings is 1. The predicted octanol–water partition coefficient (Wildman–Crippen LogP) is 2.87. The summed E-state index contributed by atoms with van der Waals surface area (Å²) in [5, 5.41) is -0.312. The number of rotatable bonds is 3. The van der Waals surface area contributed by atoms with Gasteiger partial charge in [-0.2, -0.15) is 4.31 Å². The Bertz CT molecular complexity index is 603. The van der Waals surface area contributed by atoms with E-state index in [2.05, 4.69) is 6.92 Å². The Morgan fingerprint density at radius 2 is 1.91 bits per heavy atom. The average molecular weight is 327 g/mol. The molecule has 0 saturated carbocycles. The number of hydrogen-bond acceptors (Lipinski definition) is 4. The highest BCUT2D eigenvalue weighted by Crippen LogP contribution is 2.38. The third-order valence-electron chi connectivity index (χ3n) is 4.82. The van der Waals surface area contributed by atoms with Crippen molar-refractivity contribution in [1.82, 2.24) is 4.31 Å². The molecule has 0 N–H and O–H groups in total. The van der Waals surface area contributed by atoms with Crippen LogP contribution in [0.4, 0.5) is 0 Å². The highest BCUT2D eigenvalue weighted by atomic mass is 32.2. The van der Waals surface area contributed by atoms with Crippen molar-refractivity contribution in [1.29, 1.82) is 0 Å². The maximum Gasteiger partial charge on any atom is 0.217 e. The first-order valence-electron chi connectivity index (χ1n) is 8.13. The number of aryl methyl sites for hydroxylation is 1. The molecule has 2 aliphatic rings. The first-order valence-corrected chi connectivity index (χ1v) is 9.63. The minimum Gasteiger partial charge on any atom is -0.465 e. The van der Waals surface area contributed by atoms with Gasteiger partial charge in [0.1, 0.15) is 11.5 Å². The van der Waals surface area contributed by atoms with Gasteiger partial charge in [-0.1, -0.05) is 6.92 Å². The second-order valence-corrected chi connectivity index (χ2v) is 8.73. The number of nitrogens with zero attached hydrogens (tertiary/aromatic N) is 1. The third kappa shape index (κ3) is 3.09. The van der Waals surface area contributed by atoms with Crippen LogP contribution >= 0.6 is 0 Å². The van der Waals surface area contributed by atoms with Crippen molar-refractivity contribution in [2.45, 2.75) is 50.8 Å². The molecule has 0 aliphatic carbocycles. The molecule has 2 aliphatic heterocycles. The highest BCUT2D eigenvalue weighted by molar-refractivity contribution is 7.89. The lowest BCUT2D eigenvalue weighted by Gasteiger charge is -2.39. The van der Waals surface area contributed by atoms with E-state index in [1.165, 1.54) is 0 Å². The van der Waals surface area contributed by atoms with E-state index in [4.69, 9.17) is 9.15 Å².